The van der Waals surface area contributed by atoms with Crippen molar-refractivity contribution >= 4 is 38.5 Å². The summed E-state index contributed by atoms with van der Waals surface area (Å²) in [5.74, 6) is -2.90. The lowest BCUT2D eigenvalue weighted by Gasteiger charge is -2.32. The molecule has 1 saturated heterocycles. The molecular weight excluding hydrogens is 657 g/mol. The quantitative estimate of drug-likeness (QED) is 0.363. The first kappa shape index (κ1) is 35.0. The summed E-state index contributed by atoms with van der Waals surface area (Å²) in [5.41, 5.74) is 5.00. The number of nitrogens with zero attached hydrogens (tertiary/aromatic N) is 2. The molecule has 2 saturated carbocycles. The Morgan fingerprint density at radius 1 is 1.29 bits per heavy atom. The third-order valence-corrected chi connectivity index (χ3v) is 12.5. The zero-order chi connectivity index (χ0) is 35.3. The number of benzene rings is 1. The van der Waals surface area contributed by atoms with Crippen molar-refractivity contribution in [3.05, 3.63) is 42.4 Å². The molecule has 2 aliphatic heterocycles. The molecule has 266 valence electrons. The second kappa shape index (κ2) is 13.1. The molecule has 1 aromatic heterocycles. The van der Waals surface area contributed by atoms with Crippen LogP contribution >= 0.6 is 0 Å². The molecule has 4 aliphatic rings. The minimum Gasteiger partial charge on any atom is -0.494 e. The number of carbonyl (C=O) groups is 3. The largest absolute Gasteiger partial charge is 0.494 e. The van der Waals surface area contributed by atoms with Gasteiger partial charge in [0.2, 0.25) is 27.7 Å². The van der Waals surface area contributed by atoms with Crippen molar-refractivity contribution in [1.29, 1.82) is 0 Å². The first-order chi connectivity index (χ1) is 23.2. The molecule has 7 atom stereocenters. The maximum atomic E-state index is 14.7. The zero-order valence-corrected chi connectivity index (χ0v) is 28.9. The Labute approximate surface area is 285 Å². The Kier molecular flexibility index (Phi) is 9.39. The average Bonchev–Trinajstić information content (AvgIpc) is 3.94. The first-order valence-corrected chi connectivity index (χ1v) is 18.3. The molecule has 49 heavy (non-hydrogen) atoms. The van der Waals surface area contributed by atoms with Crippen molar-refractivity contribution in [2.75, 3.05) is 13.7 Å². The number of nitrogens with two attached hydrogens (primary N) is 1. The lowest BCUT2D eigenvalue weighted by molar-refractivity contribution is -0.144. The van der Waals surface area contributed by atoms with Crippen LogP contribution in [0.2, 0.25) is 0 Å². The van der Waals surface area contributed by atoms with E-state index in [1.807, 2.05) is 26.0 Å². The number of aromatic nitrogens is 1. The summed E-state index contributed by atoms with van der Waals surface area (Å²) in [6, 6.07) is 2.23. The summed E-state index contributed by atoms with van der Waals surface area (Å²) in [4.78, 5) is 47.6. The third-order valence-electron chi connectivity index (χ3n) is 10.3. The van der Waals surface area contributed by atoms with E-state index in [2.05, 4.69) is 15.0 Å². The van der Waals surface area contributed by atoms with Crippen LogP contribution in [0.25, 0.3) is 10.8 Å². The number of pyridine rings is 1. The van der Waals surface area contributed by atoms with E-state index < -0.39 is 74.1 Å². The number of halogens is 1. The van der Waals surface area contributed by atoms with Gasteiger partial charge in [-0.15, -0.1) is 0 Å². The van der Waals surface area contributed by atoms with Gasteiger partial charge < -0.3 is 30.2 Å². The van der Waals surface area contributed by atoms with E-state index in [-0.39, 0.29) is 37.1 Å². The number of rotatable bonds is 7. The number of amides is 3. The predicted octanol–water partition coefficient (Wildman–Crippen LogP) is 2.47. The van der Waals surface area contributed by atoms with E-state index in [1.165, 1.54) is 30.3 Å². The topological polar surface area (TPSA) is 179 Å². The fourth-order valence-electron chi connectivity index (χ4n) is 6.74. The van der Waals surface area contributed by atoms with Crippen molar-refractivity contribution in [2.45, 2.75) is 106 Å². The number of ether oxygens (including phenoxy) is 3. The van der Waals surface area contributed by atoms with Crippen LogP contribution in [-0.2, 0) is 29.1 Å². The molecule has 0 radical (unpaired) electrons. The van der Waals surface area contributed by atoms with Crippen LogP contribution in [0, 0.1) is 11.7 Å². The summed E-state index contributed by atoms with van der Waals surface area (Å²) in [6.45, 7) is 5.29. The standard InChI is InChI=1S/C34H44FN5O8S/c1-5-26-28(36)31(42)40-18-22(48-30-23-16-24(35)27(46-4)14-20(23)10-13-37-30)15-25(40)29(41)38-34(17-21(34)9-7-6-8-19(2)47-26)32(43)39-49(44,45)33(3)11-12-33/h7,9-10,13-14,16,19,21-22,25-26,28H,5-6,8,11-12,15,17-18,36H2,1-4H3,(H,38,41)(H,39,43)/b9-7-/t19-,21-,22-,25+,26+,28+,34-/m1/s1. The molecular formula is C34H44FN5O8S. The molecule has 15 heteroatoms. The fourth-order valence-corrected chi connectivity index (χ4v) is 8.05. The summed E-state index contributed by atoms with van der Waals surface area (Å²) in [7, 11) is -2.62. The van der Waals surface area contributed by atoms with Gasteiger partial charge in [0.1, 0.15) is 23.7 Å². The van der Waals surface area contributed by atoms with Crippen LogP contribution in [0.4, 0.5) is 4.39 Å². The minimum absolute atomic E-state index is 0.00360. The highest BCUT2D eigenvalue weighted by molar-refractivity contribution is 7.91. The van der Waals surface area contributed by atoms with Gasteiger partial charge in [0.05, 0.1) is 30.6 Å². The van der Waals surface area contributed by atoms with Gasteiger partial charge >= 0.3 is 0 Å². The smallest absolute Gasteiger partial charge is 0.259 e. The molecule has 13 nitrogen and oxygen atoms in total. The van der Waals surface area contributed by atoms with Gasteiger partial charge in [0, 0.05) is 23.9 Å². The van der Waals surface area contributed by atoms with Crippen LogP contribution < -0.4 is 25.2 Å². The highest BCUT2D eigenvalue weighted by Crippen LogP contribution is 2.47. The number of carbonyl (C=O) groups excluding carboxylic acids is 3. The highest BCUT2D eigenvalue weighted by Gasteiger charge is 2.63. The fraction of sp³-hybridized carbons (Fsp3) is 0.588. The number of sulfonamides is 1. The second-order valence-corrected chi connectivity index (χ2v) is 16.1. The first-order valence-electron chi connectivity index (χ1n) is 16.8. The van der Waals surface area contributed by atoms with Gasteiger partial charge in [0.25, 0.3) is 5.91 Å². The molecule has 3 heterocycles. The molecule has 2 aromatic rings. The van der Waals surface area contributed by atoms with E-state index in [0.29, 0.717) is 42.9 Å². The second-order valence-electron chi connectivity index (χ2n) is 13.9. The molecule has 3 amide bonds. The molecule has 1 aromatic carbocycles. The number of methoxy groups -OCH3 is 1. The van der Waals surface area contributed by atoms with Gasteiger partial charge in [-0.1, -0.05) is 19.1 Å². The maximum absolute atomic E-state index is 14.7. The maximum Gasteiger partial charge on any atom is 0.259 e. The Hall–Kier alpha value is -3.82. The molecule has 4 N–H and O–H groups in total. The van der Waals surface area contributed by atoms with Crippen LogP contribution in [0.1, 0.15) is 65.7 Å². The van der Waals surface area contributed by atoms with Crippen molar-refractivity contribution in [1.82, 2.24) is 19.9 Å². The molecule has 6 rings (SSSR count). The lowest BCUT2D eigenvalue weighted by Crippen LogP contribution is -2.59. The lowest BCUT2D eigenvalue weighted by atomic mass is 10.1. The Balaban J connectivity index is 1.32. The monoisotopic (exact) mass is 701 g/mol. The van der Waals surface area contributed by atoms with Crippen molar-refractivity contribution in [3.63, 3.8) is 0 Å². The minimum atomic E-state index is -3.98. The van der Waals surface area contributed by atoms with E-state index in [1.54, 1.807) is 13.0 Å². The van der Waals surface area contributed by atoms with Crippen molar-refractivity contribution in [3.8, 4) is 11.6 Å². The van der Waals surface area contributed by atoms with Gasteiger partial charge in [0.15, 0.2) is 11.6 Å². The summed E-state index contributed by atoms with van der Waals surface area (Å²) >= 11 is 0. The van der Waals surface area contributed by atoms with Gasteiger partial charge in [-0.25, -0.2) is 17.8 Å². The molecule has 0 bridgehead atoms. The van der Waals surface area contributed by atoms with Crippen LogP contribution in [0.5, 0.6) is 11.6 Å². The molecule has 0 unspecified atom stereocenters. The number of fused-ring (bicyclic) bond motifs is 3. The molecule has 3 fully saturated rings. The average molecular weight is 702 g/mol. The third kappa shape index (κ3) is 6.72. The van der Waals surface area contributed by atoms with E-state index in [9.17, 15) is 27.2 Å². The van der Waals surface area contributed by atoms with E-state index >= 15 is 0 Å². The van der Waals surface area contributed by atoms with Crippen molar-refractivity contribution in [2.24, 2.45) is 11.7 Å². The SMILES string of the molecule is CC[C@@H]1O[C@H](C)CC/C=C\[C@@H]2C[C@@]2(C(=O)NS(=O)(=O)C2(C)CC2)NC(=O)[C@@H]2C[C@@H](Oc3nccc4cc(OC)c(F)cc34)CN2C(=O)[C@H]1N. The molecule has 2 aliphatic carbocycles. The number of nitrogens with one attached hydrogen (secondary N) is 2. The zero-order valence-electron chi connectivity index (χ0n) is 28.1. The van der Waals surface area contributed by atoms with E-state index in [0.717, 1.165) is 0 Å². The summed E-state index contributed by atoms with van der Waals surface area (Å²) in [6.07, 6.45) is 6.33. The Morgan fingerprint density at radius 2 is 2.04 bits per heavy atom. The van der Waals surface area contributed by atoms with E-state index in [4.69, 9.17) is 19.9 Å². The Morgan fingerprint density at radius 3 is 2.73 bits per heavy atom. The predicted molar refractivity (Wildman–Crippen MR) is 177 cm³/mol. The van der Waals surface area contributed by atoms with Gasteiger partial charge in [-0.05, 0) is 76.0 Å². The van der Waals surface area contributed by atoms with Crippen molar-refractivity contribution < 1.29 is 41.4 Å². The number of hydrogen-bond donors (Lipinski definition) is 3. The highest BCUT2D eigenvalue weighted by atomic mass is 32.2. The normalized spacial score (nSPS) is 32.2. The summed E-state index contributed by atoms with van der Waals surface area (Å²) < 4.78 is 59.5. The van der Waals surface area contributed by atoms with Crippen LogP contribution in [-0.4, -0.2) is 90.4 Å². The number of allylic oxidation sites excluding steroid dienone is 1. The molecule has 0 spiro atoms. The van der Waals surface area contributed by atoms with Gasteiger partial charge in [-0.2, -0.15) is 0 Å². The Bertz CT molecular complexity index is 1780. The van der Waals surface area contributed by atoms with Crippen LogP contribution in [0.15, 0.2) is 36.5 Å². The van der Waals surface area contributed by atoms with Gasteiger partial charge in [-0.3, -0.25) is 19.1 Å². The summed E-state index contributed by atoms with van der Waals surface area (Å²) in [5, 5.41) is 3.82. The number of hydrogen-bond acceptors (Lipinski definition) is 10. The van der Waals surface area contributed by atoms with Crippen LogP contribution in [0.3, 0.4) is 0 Å².